The molecule has 266 valence electrons. The summed E-state index contributed by atoms with van der Waals surface area (Å²) < 4.78 is 6.99. The van der Waals surface area contributed by atoms with Crippen LogP contribution in [-0.4, -0.2) is 0 Å². The summed E-state index contributed by atoms with van der Waals surface area (Å²) in [6.07, 6.45) is 0. The van der Waals surface area contributed by atoms with Gasteiger partial charge in [-0.25, -0.2) is 0 Å². The summed E-state index contributed by atoms with van der Waals surface area (Å²) in [5, 5.41) is 2.22. The van der Waals surface area contributed by atoms with Crippen LogP contribution < -0.4 is 4.90 Å². The van der Waals surface area contributed by atoms with Gasteiger partial charge in [-0.15, -0.1) is 0 Å². The van der Waals surface area contributed by atoms with Crippen LogP contribution in [0.3, 0.4) is 0 Å². The molecule has 57 heavy (non-hydrogen) atoms. The summed E-state index contributed by atoms with van der Waals surface area (Å²) in [4.78, 5) is 2.35. The normalized spacial score (nSPS) is 13.1. The maximum atomic E-state index is 6.99. The Kier molecular flexibility index (Phi) is 6.88. The monoisotopic (exact) mass is 725 g/mol. The van der Waals surface area contributed by atoms with Gasteiger partial charge in [0.25, 0.3) is 0 Å². The summed E-state index contributed by atoms with van der Waals surface area (Å²) in [5.41, 5.74) is 19.8. The molecular formula is C55H35NO. The third-order valence-electron chi connectivity index (χ3n) is 12.3. The van der Waals surface area contributed by atoms with Crippen molar-refractivity contribution in [3.8, 4) is 44.5 Å². The van der Waals surface area contributed by atoms with E-state index in [9.17, 15) is 0 Å². The fourth-order valence-corrected chi connectivity index (χ4v) is 9.85. The van der Waals surface area contributed by atoms with Crippen molar-refractivity contribution in [1.82, 2.24) is 0 Å². The van der Waals surface area contributed by atoms with Gasteiger partial charge in [-0.05, 0) is 104 Å². The Bertz CT molecular complexity index is 3030. The second kappa shape index (κ2) is 12.3. The SMILES string of the molecule is c1ccc(-c2ccc(N(c3ccc(-c4ccccc4)cc3)c3ccc4oc5c6c(ccc5c4c3)C3(c4ccccc4-c4ccccc43)c3ccccc3-6)cc2)cc1. The number of furan rings is 1. The van der Waals surface area contributed by atoms with Gasteiger partial charge in [0, 0.05) is 33.4 Å². The highest BCUT2D eigenvalue weighted by atomic mass is 16.3. The predicted molar refractivity (Wildman–Crippen MR) is 236 cm³/mol. The second-order valence-electron chi connectivity index (χ2n) is 15.2. The average molecular weight is 726 g/mol. The first-order chi connectivity index (χ1) is 28.3. The fraction of sp³-hybridized carbons (Fsp3) is 0.0182. The van der Waals surface area contributed by atoms with Gasteiger partial charge in [0.05, 0.1) is 5.41 Å². The molecule has 0 bridgehead atoms. The molecule has 2 aliphatic rings. The van der Waals surface area contributed by atoms with E-state index in [-0.39, 0.29) is 0 Å². The summed E-state index contributed by atoms with van der Waals surface area (Å²) in [6, 6.07) is 77.1. The molecule has 1 aromatic heterocycles. The number of nitrogens with zero attached hydrogens (tertiary/aromatic N) is 1. The van der Waals surface area contributed by atoms with Gasteiger partial charge in [-0.3, -0.25) is 0 Å². The van der Waals surface area contributed by atoms with Crippen molar-refractivity contribution in [3.63, 3.8) is 0 Å². The molecule has 12 rings (SSSR count). The van der Waals surface area contributed by atoms with Crippen LogP contribution in [-0.2, 0) is 5.41 Å². The van der Waals surface area contributed by atoms with Gasteiger partial charge >= 0.3 is 0 Å². The maximum absolute atomic E-state index is 6.99. The van der Waals surface area contributed by atoms with Crippen LogP contribution in [0.1, 0.15) is 22.3 Å². The summed E-state index contributed by atoms with van der Waals surface area (Å²) in [7, 11) is 0. The zero-order chi connectivity index (χ0) is 37.5. The Morgan fingerprint density at radius 3 is 1.35 bits per heavy atom. The van der Waals surface area contributed by atoms with Crippen LogP contribution in [0.4, 0.5) is 17.1 Å². The highest BCUT2D eigenvalue weighted by Crippen LogP contribution is 2.64. The molecule has 0 atom stereocenters. The van der Waals surface area contributed by atoms with E-state index < -0.39 is 5.41 Å². The smallest absolute Gasteiger partial charge is 0.143 e. The molecule has 0 radical (unpaired) electrons. The summed E-state index contributed by atoms with van der Waals surface area (Å²) >= 11 is 0. The predicted octanol–water partition coefficient (Wildman–Crippen LogP) is 14.7. The minimum atomic E-state index is -0.411. The van der Waals surface area contributed by atoms with Gasteiger partial charge in [-0.2, -0.15) is 0 Å². The molecule has 0 saturated carbocycles. The Labute approximate surface area is 331 Å². The van der Waals surface area contributed by atoms with Crippen LogP contribution in [0.2, 0.25) is 0 Å². The summed E-state index contributed by atoms with van der Waals surface area (Å²) in [5.74, 6) is 0. The highest BCUT2D eigenvalue weighted by molar-refractivity contribution is 6.14. The third kappa shape index (κ3) is 4.59. The Morgan fingerprint density at radius 1 is 0.333 bits per heavy atom. The van der Waals surface area contributed by atoms with Crippen molar-refractivity contribution in [1.29, 1.82) is 0 Å². The van der Waals surface area contributed by atoms with E-state index in [1.165, 1.54) is 66.8 Å². The van der Waals surface area contributed by atoms with Crippen LogP contribution >= 0.6 is 0 Å². The Morgan fingerprint density at radius 2 is 0.789 bits per heavy atom. The van der Waals surface area contributed by atoms with Crippen LogP contribution in [0.25, 0.3) is 66.4 Å². The zero-order valence-electron chi connectivity index (χ0n) is 31.1. The van der Waals surface area contributed by atoms with Crippen LogP contribution in [0.5, 0.6) is 0 Å². The number of anilines is 3. The van der Waals surface area contributed by atoms with E-state index >= 15 is 0 Å². The van der Waals surface area contributed by atoms with Gasteiger partial charge < -0.3 is 9.32 Å². The first kappa shape index (κ1) is 31.9. The molecular weight excluding hydrogens is 691 g/mol. The second-order valence-corrected chi connectivity index (χ2v) is 15.2. The van der Waals surface area contributed by atoms with Crippen LogP contribution in [0, 0.1) is 0 Å². The lowest BCUT2D eigenvalue weighted by Crippen LogP contribution is -2.25. The zero-order valence-corrected chi connectivity index (χ0v) is 31.1. The number of benzene rings is 9. The Balaban J connectivity index is 1.04. The van der Waals surface area contributed by atoms with E-state index in [0.717, 1.165) is 39.0 Å². The molecule has 0 amide bonds. The Hall–Kier alpha value is -7.42. The molecule has 10 aromatic rings. The summed E-state index contributed by atoms with van der Waals surface area (Å²) in [6.45, 7) is 0. The number of fused-ring (bicyclic) bond motifs is 14. The molecule has 0 unspecified atom stereocenters. The minimum absolute atomic E-state index is 0.411. The van der Waals surface area contributed by atoms with Crippen molar-refractivity contribution >= 4 is 39.0 Å². The van der Waals surface area contributed by atoms with Gasteiger partial charge in [0.15, 0.2) is 0 Å². The first-order valence-electron chi connectivity index (χ1n) is 19.7. The minimum Gasteiger partial charge on any atom is -0.455 e. The molecule has 2 nitrogen and oxygen atoms in total. The molecule has 0 fully saturated rings. The van der Waals surface area contributed by atoms with Crippen molar-refractivity contribution in [3.05, 3.63) is 235 Å². The largest absolute Gasteiger partial charge is 0.455 e. The lowest BCUT2D eigenvalue weighted by molar-refractivity contribution is 0.669. The van der Waals surface area contributed by atoms with Crippen molar-refractivity contribution < 1.29 is 4.42 Å². The van der Waals surface area contributed by atoms with Crippen molar-refractivity contribution in [2.45, 2.75) is 5.41 Å². The number of rotatable bonds is 5. The first-order valence-corrected chi connectivity index (χ1v) is 19.7. The fourth-order valence-electron chi connectivity index (χ4n) is 9.85. The third-order valence-corrected chi connectivity index (χ3v) is 12.3. The lowest BCUT2D eigenvalue weighted by atomic mass is 9.70. The molecule has 0 aliphatic heterocycles. The molecule has 9 aromatic carbocycles. The molecule has 1 spiro atoms. The van der Waals surface area contributed by atoms with Crippen LogP contribution in [0.15, 0.2) is 217 Å². The van der Waals surface area contributed by atoms with E-state index in [1.54, 1.807) is 0 Å². The molecule has 2 aliphatic carbocycles. The van der Waals surface area contributed by atoms with E-state index in [2.05, 4.69) is 217 Å². The lowest BCUT2D eigenvalue weighted by Gasteiger charge is -2.30. The molecule has 0 saturated heterocycles. The quantitative estimate of drug-likeness (QED) is 0.176. The maximum Gasteiger partial charge on any atom is 0.143 e. The van der Waals surface area contributed by atoms with Gasteiger partial charge in [-0.1, -0.05) is 170 Å². The highest BCUT2D eigenvalue weighted by Gasteiger charge is 2.52. The molecule has 2 heteroatoms. The standard InChI is InChI=1S/C55H35NO/c1-3-13-36(14-4-1)38-23-27-40(28-24-38)56(41-29-25-39(26-30-41)37-15-5-2-6-16-37)42-31-34-52-47(35-42)45-32-33-51-53(54(45)57-52)46-19-9-12-22-50(46)55(51)48-20-10-7-17-43(48)44-18-8-11-21-49(44)55/h1-35H. The van der Waals surface area contributed by atoms with E-state index in [4.69, 9.17) is 4.42 Å². The number of hydrogen-bond acceptors (Lipinski definition) is 2. The van der Waals surface area contributed by atoms with E-state index in [1.807, 2.05) is 0 Å². The molecule has 0 N–H and O–H groups in total. The van der Waals surface area contributed by atoms with E-state index in [0.29, 0.717) is 0 Å². The topological polar surface area (TPSA) is 16.4 Å². The average Bonchev–Trinajstić information content (AvgIpc) is 3.91. The van der Waals surface area contributed by atoms with Gasteiger partial charge in [0.2, 0.25) is 0 Å². The van der Waals surface area contributed by atoms with Crippen molar-refractivity contribution in [2.24, 2.45) is 0 Å². The number of hydrogen-bond donors (Lipinski definition) is 0. The van der Waals surface area contributed by atoms with Gasteiger partial charge in [0.1, 0.15) is 11.2 Å². The van der Waals surface area contributed by atoms with Crippen molar-refractivity contribution in [2.75, 3.05) is 4.90 Å². The molecule has 1 heterocycles.